The Kier molecular flexibility index (Phi) is 5.96. The van der Waals surface area contributed by atoms with Crippen molar-refractivity contribution in [2.45, 2.75) is 76.2 Å². The van der Waals surface area contributed by atoms with Crippen molar-refractivity contribution in [1.82, 2.24) is 4.90 Å². The monoisotopic (exact) mass is 340 g/mol. The maximum absolute atomic E-state index is 12.6. The molecule has 8 heteroatoms. The smallest absolute Gasteiger partial charge is 0.410 e. The van der Waals surface area contributed by atoms with Crippen LogP contribution in [0, 0.1) is 0 Å². The van der Waals surface area contributed by atoms with Crippen LogP contribution in [0.4, 0.5) is 4.79 Å². The summed E-state index contributed by atoms with van der Waals surface area (Å²) in [5, 5.41) is 14.5. The number of azide groups is 1. The lowest BCUT2D eigenvalue weighted by molar-refractivity contribution is -0.0844. The summed E-state index contributed by atoms with van der Waals surface area (Å²) in [6.07, 6.45) is 2.63. The van der Waals surface area contributed by atoms with Crippen LogP contribution in [0.1, 0.15) is 52.9 Å². The van der Waals surface area contributed by atoms with E-state index in [4.69, 9.17) is 15.0 Å². The van der Waals surface area contributed by atoms with Gasteiger partial charge >= 0.3 is 6.09 Å². The second-order valence-corrected chi connectivity index (χ2v) is 7.76. The highest BCUT2D eigenvalue weighted by molar-refractivity contribution is 5.68. The molecule has 2 fully saturated rings. The van der Waals surface area contributed by atoms with E-state index in [0.29, 0.717) is 51.9 Å². The quantitative estimate of drug-likeness (QED) is 0.484. The Bertz CT molecular complexity index is 493. The molecule has 1 amide bonds. The first-order chi connectivity index (χ1) is 11.2. The number of hydrogen-bond donors (Lipinski definition) is 1. The van der Waals surface area contributed by atoms with Gasteiger partial charge in [0, 0.05) is 30.7 Å². The van der Waals surface area contributed by atoms with Crippen LogP contribution in [0.15, 0.2) is 5.11 Å². The number of hydrogen-bond acceptors (Lipinski definition) is 5. The zero-order valence-electron chi connectivity index (χ0n) is 14.8. The number of ether oxygens (including phenoxy) is 2. The Labute approximate surface area is 142 Å². The van der Waals surface area contributed by atoms with Gasteiger partial charge in [-0.15, -0.1) is 0 Å². The molecule has 0 unspecified atom stereocenters. The van der Waals surface area contributed by atoms with E-state index in [0.717, 1.165) is 0 Å². The highest BCUT2D eigenvalue weighted by Gasteiger charge is 2.40. The molecule has 136 valence electrons. The van der Waals surface area contributed by atoms with E-state index in [1.165, 1.54) is 0 Å². The minimum absolute atomic E-state index is 0.118. The third-order valence-corrected chi connectivity index (χ3v) is 4.56. The number of carbonyl (C=O) groups excluding carboxylic acids is 1. The van der Waals surface area contributed by atoms with E-state index in [1.807, 2.05) is 20.8 Å². The lowest BCUT2D eigenvalue weighted by Gasteiger charge is -2.43. The van der Waals surface area contributed by atoms with Crippen LogP contribution in [-0.2, 0) is 9.47 Å². The number of carbonyl (C=O) groups is 1. The Morgan fingerprint density at radius 1 is 1.42 bits per heavy atom. The van der Waals surface area contributed by atoms with Crippen molar-refractivity contribution >= 4 is 6.09 Å². The number of rotatable bonds is 3. The number of piperidine rings is 1. The van der Waals surface area contributed by atoms with E-state index in [1.54, 1.807) is 4.90 Å². The number of aliphatic hydroxyl groups is 1. The van der Waals surface area contributed by atoms with Crippen LogP contribution in [0.25, 0.3) is 10.4 Å². The highest BCUT2D eigenvalue weighted by atomic mass is 16.6. The molecule has 0 aromatic heterocycles. The van der Waals surface area contributed by atoms with Gasteiger partial charge in [0.05, 0.1) is 11.6 Å². The first-order valence-corrected chi connectivity index (χ1v) is 8.56. The maximum atomic E-state index is 12.6. The standard InChI is InChI=1S/C16H28N4O4/c1-15(2,3)24-14(21)20-11-12(18-19-17)4-5-13(20)10-16(22)6-8-23-9-7-16/h12-13,22H,4-11H2,1-3H3/t12-,13-/m0/s1. The predicted octanol–water partition coefficient (Wildman–Crippen LogP) is 3.00. The zero-order valence-corrected chi connectivity index (χ0v) is 14.8. The van der Waals surface area contributed by atoms with Crippen molar-refractivity contribution in [3.05, 3.63) is 10.4 Å². The van der Waals surface area contributed by atoms with E-state index < -0.39 is 17.3 Å². The maximum Gasteiger partial charge on any atom is 0.410 e. The van der Waals surface area contributed by atoms with Gasteiger partial charge in [0.15, 0.2) is 0 Å². The molecular weight excluding hydrogens is 312 g/mol. The summed E-state index contributed by atoms with van der Waals surface area (Å²) < 4.78 is 10.8. The third kappa shape index (κ3) is 5.26. The fourth-order valence-corrected chi connectivity index (χ4v) is 3.33. The van der Waals surface area contributed by atoms with Crippen LogP contribution >= 0.6 is 0 Å². The molecule has 1 N–H and O–H groups in total. The minimum Gasteiger partial charge on any atom is -0.444 e. The fraction of sp³-hybridized carbons (Fsp3) is 0.938. The molecule has 0 aliphatic carbocycles. The molecule has 2 atom stereocenters. The summed E-state index contributed by atoms with van der Waals surface area (Å²) in [4.78, 5) is 17.1. The normalized spacial score (nSPS) is 27.2. The van der Waals surface area contributed by atoms with Gasteiger partial charge in [0.1, 0.15) is 5.60 Å². The average molecular weight is 340 g/mol. The highest BCUT2D eigenvalue weighted by Crippen LogP contribution is 2.32. The first kappa shape index (κ1) is 18.8. The average Bonchev–Trinajstić information content (AvgIpc) is 2.47. The molecule has 0 bridgehead atoms. The van der Waals surface area contributed by atoms with E-state index in [2.05, 4.69) is 10.0 Å². The van der Waals surface area contributed by atoms with E-state index >= 15 is 0 Å². The zero-order chi connectivity index (χ0) is 17.8. The largest absolute Gasteiger partial charge is 0.444 e. The second-order valence-electron chi connectivity index (χ2n) is 7.76. The topological polar surface area (TPSA) is 108 Å². The number of nitrogens with zero attached hydrogens (tertiary/aromatic N) is 4. The van der Waals surface area contributed by atoms with Gasteiger partial charge in [-0.25, -0.2) is 4.79 Å². The van der Waals surface area contributed by atoms with E-state index in [-0.39, 0.29) is 12.1 Å². The van der Waals surface area contributed by atoms with Crippen molar-refractivity contribution in [2.24, 2.45) is 5.11 Å². The second kappa shape index (κ2) is 7.59. The third-order valence-electron chi connectivity index (χ3n) is 4.56. The van der Waals surface area contributed by atoms with Crippen LogP contribution in [0.3, 0.4) is 0 Å². The predicted molar refractivity (Wildman–Crippen MR) is 88.5 cm³/mol. The Morgan fingerprint density at radius 3 is 2.67 bits per heavy atom. The van der Waals surface area contributed by atoms with Crippen LogP contribution < -0.4 is 0 Å². The van der Waals surface area contributed by atoms with E-state index in [9.17, 15) is 9.90 Å². The Hall–Kier alpha value is -1.50. The van der Waals surface area contributed by atoms with Crippen molar-refractivity contribution in [2.75, 3.05) is 19.8 Å². The van der Waals surface area contributed by atoms with Gasteiger partial charge in [0.25, 0.3) is 0 Å². The van der Waals surface area contributed by atoms with Gasteiger partial charge in [-0.3, -0.25) is 0 Å². The molecule has 0 aromatic carbocycles. The fourth-order valence-electron chi connectivity index (χ4n) is 3.33. The van der Waals surface area contributed by atoms with Gasteiger partial charge in [-0.2, -0.15) is 0 Å². The molecule has 2 saturated heterocycles. The van der Waals surface area contributed by atoms with Crippen LogP contribution in [-0.4, -0.2) is 59.1 Å². The summed E-state index contributed by atoms with van der Waals surface area (Å²) >= 11 is 0. The Balaban J connectivity index is 2.10. The van der Waals surface area contributed by atoms with Crippen LogP contribution in [0.5, 0.6) is 0 Å². The lowest BCUT2D eigenvalue weighted by atomic mass is 9.83. The van der Waals surface area contributed by atoms with Gasteiger partial charge < -0.3 is 19.5 Å². The summed E-state index contributed by atoms with van der Waals surface area (Å²) in [7, 11) is 0. The SMILES string of the molecule is CC(C)(C)OC(=O)N1C[C@@H](N=[N+]=[N-])CC[C@H]1CC1(O)CCOCC1. The first-order valence-electron chi connectivity index (χ1n) is 8.56. The molecule has 0 aromatic rings. The molecule has 2 rings (SSSR count). The lowest BCUT2D eigenvalue weighted by Crippen LogP contribution is -2.53. The molecule has 0 saturated carbocycles. The Morgan fingerprint density at radius 2 is 2.08 bits per heavy atom. The molecule has 0 radical (unpaired) electrons. The molecule has 2 aliphatic rings. The molecule has 24 heavy (non-hydrogen) atoms. The molecule has 8 nitrogen and oxygen atoms in total. The van der Waals surface area contributed by atoms with Crippen LogP contribution in [0.2, 0.25) is 0 Å². The van der Waals surface area contributed by atoms with Crippen molar-refractivity contribution < 1.29 is 19.4 Å². The molecular formula is C16H28N4O4. The molecule has 0 spiro atoms. The van der Waals surface area contributed by atoms with Gasteiger partial charge in [-0.05, 0) is 58.4 Å². The number of amides is 1. The van der Waals surface area contributed by atoms with Crippen molar-refractivity contribution in [3.8, 4) is 0 Å². The minimum atomic E-state index is -0.811. The summed E-state index contributed by atoms with van der Waals surface area (Å²) in [6.45, 7) is 6.87. The van der Waals surface area contributed by atoms with Crippen molar-refractivity contribution in [1.29, 1.82) is 0 Å². The number of likely N-dealkylation sites (tertiary alicyclic amines) is 1. The summed E-state index contributed by atoms with van der Waals surface area (Å²) in [5.74, 6) is 0. The summed E-state index contributed by atoms with van der Waals surface area (Å²) in [6, 6.07) is -0.365. The molecule has 2 heterocycles. The van der Waals surface area contributed by atoms with Gasteiger partial charge in [0.2, 0.25) is 0 Å². The van der Waals surface area contributed by atoms with Crippen molar-refractivity contribution in [3.63, 3.8) is 0 Å². The molecule has 2 aliphatic heterocycles. The van der Waals surface area contributed by atoms with Gasteiger partial charge in [-0.1, -0.05) is 5.11 Å². The summed E-state index contributed by atoms with van der Waals surface area (Å²) in [5.41, 5.74) is 7.26.